The Morgan fingerprint density at radius 1 is 1.03 bits per heavy atom. The van der Waals surface area contributed by atoms with Crippen molar-refractivity contribution < 1.29 is 9.53 Å². The molecule has 38 heavy (non-hydrogen) atoms. The Morgan fingerprint density at radius 3 is 2.42 bits per heavy atom. The molecule has 1 N–H and O–H groups in total. The van der Waals surface area contributed by atoms with Crippen molar-refractivity contribution >= 4 is 22.6 Å². The van der Waals surface area contributed by atoms with Crippen LogP contribution >= 0.6 is 0 Å². The number of ether oxygens (including phenoxy) is 1. The van der Waals surface area contributed by atoms with E-state index >= 15 is 0 Å². The third kappa shape index (κ3) is 5.86. The van der Waals surface area contributed by atoms with Crippen LogP contribution in [0.1, 0.15) is 30.8 Å². The monoisotopic (exact) mass is 513 g/mol. The van der Waals surface area contributed by atoms with E-state index in [9.17, 15) is 9.59 Å². The topological polar surface area (TPSA) is 79.7 Å². The lowest BCUT2D eigenvalue weighted by atomic mass is 10.1. The quantitative estimate of drug-likeness (QED) is 0.331. The van der Waals surface area contributed by atoms with Crippen LogP contribution in [0.25, 0.3) is 16.6 Å². The zero-order chi connectivity index (χ0) is 27.2. The molecule has 0 saturated heterocycles. The number of aromatic nitrogens is 2. The predicted molar refractivity (Wildman–Crippen MR) is 152 cm³/mol. The van der Waals surface area contributed by atoms with Crippen LogP contribution in [-0.4, -0.2) is 59.7 Å². The van der Waals surface area contributed by atoms with Crippen molar-refractivity contribution in [2.75, 3.05) is 39.6 Å². The molecule has 4 rings (SSSR count). The van der Waals surface area contributed by atoms with Gasteiger partial charge in [-0.15, -0.1) is 0 Å². The first-order valence-electron chi connectivity index (χ1n) is 12.8. The Balaban J connectivity index is 1.86. The largest absolute Gasteiger partial charge is 0.497 e. The number of nitrogens with one attached hydrogen (secondary N) is 1. The average Bonchev–Trinajstić information content (AvgIpc) is 2.91. The number of hydrogen-bond acceptors (Lipinski definition) is 5. The fourth-order valence-corrected chi connectivity index (χ4v) is 4.52. The molecule has 0 aliphatic heterocycles. The molecule has 1 atom stereocenters. The summed E-state index contributed by atoms with van der Waals surface area (Å²) in [5.74, 6) is 1.20. The summed E-state index contributed by atoms with van der Waals surface area (Å²) in [5.41, 5.74) is 2.86. The van der Waals surface area contributed by atoms with Crippen LogP contribution in [0.3, 0.4) is 0 Å². The molecule has 2 amide bonds. The number of benzene rings is 3. The van der Waals surface area contributed by atoms with E-state index in [1.54, 1.807) is 22.6 Å². The first kappa shape index (κ1) is 26.9. The maximum absolute atomic E-state index is 13.9. The Labute approximate surface area is 223 Å². The Bertz CT molecular complexity index is 1460. The number of methoxy groups -OCH3 is 1. The van der Waals surface area contributed by atoms with Gasteiger partial charge in [0.15, 0.2) is 0 Å². The Kier molecular flexibility index (Phi) is 8.43. The first-order chi connectivity index (χ1) is 18.3. The Hall–Kier alpha value is -4.17. The van der Waals surface area contributed by atoms with Gasteiger partial charge in [-0.2, -0.15) is 0 Å². The molecule has 198 valence electrons. The van der Waals surface area contributed by atoms with Gasteiger partial charge in [0.1, 0.15) is 11.6 Å². The lowest BCUT2D eigenvalue weighted by Gasteiger charge is -2.33. The van der Waals surface area contributed by atoms with Crippen molar-refractivity contribution in [1.82, 2.24) is 19.4 Å². The normalized spacial score (nSPS) is 11.9. The number of rotatable bonds is 9. The standard InChI is InChI=1S/C30H35N5O3/c1-6-27(34(19-18-33(3)4)30(37)31-22-11-9-10-21(2)20-22)28-32-26-13-8-7-12-25(26)29(36)35(28)23-14-16-24(38-5)17-15-23/h7-17,20,27H,6,18-19H2,1-5H3,(H,31,37). The maximum atomic E-state index is 13.9. The van der Waals surface area contributed by atoms with Crippen LogP contribution in [-0.2, 0) is 0 Å². The number of urea groups is 1. The SMILES string of the molecule is CCC(c1nc2ccccc2c(=O)n1-c1ccc(OC)cc1)N(CCN(C)C)C(=O)Nc1cccc(C)c1. The van der Waals surface area contributed by atoms with E-state index in [2.05, 4.69) is 5.32 Å². The van der Waals surface area contributed by atoms with Gasteiger partial charge in [0.25, 0.3) is 5.56 Å². The number of carbonyl (C=O) groups is 1. The molecule has 0 aliphatic carbocycles. The summed E-state index contributed by atoms with van der Waals surface area (Å²) < 4.78 is 6.95. The van der Waals surface area contributed by atoms with Gasteiger partial charge >= 0.3 is 6.03 Å². The smallest absolute Gasteiger partial charge is 0.322 e. The minimum absolute atomic E-state index is 0.180. The average molecular weight is 514 g/mol. The van der Waals surface area contributed by atoms with E-state index in [-0.39, 0.29) is 11.6 Å². The second-order valence-electron chi connectivity index (χ2n) is 9.55. The number of para-hydroxylation sites is 1. The lowest BCUT2D eigenvalue weighted by molar-refractivity contribution is 0.173. The Morgan fingerprint density at radius 2 is 1.76 bits per heavy atom. The molecule has 1 heterocycles. The number of likely N-dealkylation sites (N-methyl/N-ethyl adjacent to an activating group) is 1. The van der Waals surface area contributed by atoms with Crippen molar-refractivity contribution in [2.24, 2.45) is 0 Å². The van der Waals surface area contributed by atoms with Gasteiger partial charge in [-0.3, -0.25) is 9.36 Å². The van der Waals surface area contributed by atoms with Crippen LogP contribution in [0.2, 0.25) is 0 Å². The van der Waals surface area contributed by atoms with E-state index in [0.29, 0.717) is 47.7 Å². The molecule has 0 saturated carbocycles. The number of nitrogens with zero attached hydrogens (tertiary/aromatic N) is 4. The van der Waals surface area contributed by atoms with Crippen LogP contribution in [0.5, 0.6) is 5.75 Å². The molecule has 1 unspecified atom stereocenters. The van der Waals surface area contributed by atoms with Gasteiger partial charge in [-0.25, -0.2) is 9.78 Å². The van der Waals surface area contributed by atoms with E-state index in [0.717, 1.165) is 11.3 Å². The number of anilines is 1. The fraction of sp³-hybridized carbons (Fsp3) is 0.300. The molecule has 0 radical (unpaired) electrons. The summed E-state index contributed by atoms with van der Waals surface area (Å²) in [5, 5.41) is 3.57. The van der Waals surface area contributed by atoms with Crippen molar-refractivity contribution in [1.29, 1.82) is 0 Å². The molecule has 8 nitrogen and oxygen atoms in total. The highest BCUT2D eigenvalue weighted by Gasteiger charge is 2.29. The molecule has 0 spiro atoms. The molecule has 0 aliphatic rings. The molecular formula is C30H35N5O3. The van der Waals surface area contributed by atoms with Crippen molar-refractivity contribution in [3.05, 3.63) is 94.5 Å². The summed E-state index contributed by atoms with van der Waals surface area (Å²) in [4.78, 5) is 36.4. The highest BCUT2D eigenvalue weighted by molar-refractivity contribution is 5.89. The number of aryl methyl sites for hydroxylation is 1. The number of carbonyl (C=O) groups excluding carboxylic acids is 1. The molecule has 0 fully saturated rings. The molecule has 4 aromatic rings. The zero-order valence-corrected chi connectivity index (χ0v) is 22.6. The van der Waals surface area contributed by atoms with Crippen LogP contribution in [0.4, 0.5) is 10.5 Å². The van der Waals surface area contributed by atoms with Gasteiger partial charge in [0.05, 0.1) is 29.7 Å². The fourth-order valence-electron chi connectivity index (χ4n) is 4.52. The minimum atomic E-state index is -0.459. The number of fused-ring (bicyclic) bond motifs is 1. The second kappa shape index (κ2) is 11.9. The van der Waals surface area contributed by atoms with E-state index in [1.165, 1.54) is 0 Å². The highest BCUT2D eigenvalue weighted by atomic mass is 16.5. The van der Waals surface area contributed by atoms with Crippen LogP contribution < -0.4 is 15.6 Å². The van der Waals surface area contributed by atoms with Crippen LogP contribution in [0.15, 0.2) is 77.6 Å². The molecular weight excluding hydrogens is 478 g/mol. The van der Waals surface area contributed by atoms with Gasteiger partial charge in [0.2, 0.25) is 0 Å². The molecule has 1 aromatic heterocycles. The van der Waals surface area contributed by atoms with E-state index in [4.69, 9.17) is 9.72 Å². The van der Waals surface area contributed by atoms with E-state index < -0.39 is 6.04 Å². The molecule has 0 bridgehead atoms. The predicted octanol–water partition coefficient (Wildman–Crippen LogP) is 5.25. The van der Waals surface area contributed by atoms with Gasteiger partial charge < -0.3 is 19.9 Å². The summed E-state index contributed by atoms with van der Waals surface area (Å²) in [6, 6.07) is 21.6. The summed E-state index contributed by atoms with van der Waals surface area (Å²) in [6.07, 6.45) is 0.565. The summed E-state index contributed by atoms with van der Waals surface area (Å²) in [6.45, 7) is 5.10. The zero-order valence-electron chi connectivity index (χ0n) is 22.6. The van der Waals surface area contributed by atoms with Gasteiger partial charge in [-0.1, -0.05) is 31.2 Å². The molecule has 8 heteroatoms. The third-order valence-corrected chi connectivity index (χ3v) is 6.51. The summed E-state index contributed by atoms with van der Waals surface area (Å²) >= 11 is 0. The highest BCUT2D eigenvalue weighted by Crippen LogP contribution is 2.27. The van der Waals surface area contributed by atoms with Crippen molar-refractivity contribution in [2.45, 2.75) is 26.3 Å². The summed E-state index contributed by atoms with van der Waals surface area (Å²) in [7, 11) is 5.55. The molecule has 3 aromatic carbocycles. The van der Waals surface area contributed by atoms with Gasteiger partial charge in [0, 0.05) is 18.8 Å². The number of hydrogen-bond donors (Lipinski definition) is 1. The maximum Gasteiger partial charge on any atom is 0.322 e. The van der Waals surface area contributed by atoms with Crippen molar-refractivity contribution in [3.8, 4) is 11.4 Å². The second-order valence-corrected chi connectivity index (χ2v) is 9.55. The third-order valence-electron chi connectivity index (χ3n) is 6.51. The van der Waals surface area contributed by atoms with E-state index in [1.807, 2.05) is 99.6 Å². The first-order valence-corrected chi connectivity index (χ1v) is 12.8. The number of amides is 2. The van der Waals surface area contributed by atoms with Crippen LogP contribution in [0, 0.1) is 6.92 Å². The lowest BCUT2D eigenvalue weighted by Crippen LogP contribution is -2.43. The minimum Gasteiger partial charge on any atom is -0.497 e. The van der Waals surface area contributed by atoms with Gasteiger partial charge in [-0.05, 0) is 81.5 Å². The van der Waals surface area contributed by atoms with Crippen molar-refractivity contribution in [3.63, 3.8) is 0 Å².